The molecule has 5 nitrogen and oxygen atoms in total. The molecule has 3 aromatic rings. The maximum absolute atomic E-state index is 13.2. The first-order chi connectivity index (χ1) is 14.4. The molecule has 0 saturated carbocycles. The summed E-state index contributed by atoms with van der Waals surface area (Å²) >= 11 is 0. The first kappa shape index (κ1) is 20.3. The minimum atomic E-state index is -4.64. The fourth-order valence-corrected chi connectivity index (χ4v) is 2.67. The van der Waals surface area contributed by atoms with E-state index in [-0.39, 0.29) is 11.4 Å². The molecule has 0 aromatic heterocycles. The molecule has 3 rings (SSSR count). The SMILES string of the molecule is N#CC(C#N)=C(C#N)Nc1cc(C(F)(F)F)ccc1Oc1ccc2ccccc2c1. The third-order valence-corrected chi connectivity index (χ3v) is 4.10. The molecule has 0 aliphatic rings. The van der Waals surface area contributed by atoms with Crippen molar-refractivity contribution < 1.29 is 17.9 Å². The summed E-state index contributed by atoms with van der Waals surface area (Å²) in [6.07, 6.45) is -4.64. The Bertz CT molecular complexity index is 1260. The predicted molar refractivity (Wildman–Crippen MR) is 103 cm³/mol. The molecule has 1 N–H and O–H groups in total. The van der Waals surface area contributed by atoms with E-state index in [1.165, 1.54) is 12.1 Å². The van der Waals surface area contributed by atoms with Gasteiger partial charge in [0.2, 0.25) is 0 Å². The Morgan fingerprint density at radius 3 is 2.17 bits per heavy atom. The summed E-state index contributed by atoms with van der Waals surface area (Å²) in [5.74, 6) is 0.348. The van der Waals surface area contributed by atoms with Crippen LogP contribution in [-0.4, -0.2) is 0 Å². The highest BCUT2D eigenvalue weighted by atomic mass is 19.4. The maximum Gasteiger partial charge on any atom is 0.416 e. The number of rotatable bonds is 4. The molecule has 3 aromatic carbocycles. The molecule has 146 valence electrons. The van der Waals surface area contributed by atoms with Crippen molar-refractivity contribution in [1.82, 2.24) is 0 Å². The Kier molecular flexibility index (Phi) is 5.58. The molecule has 0 amide bonds. The van der Waals surface area contributed by atoms with E-state index in [2.05, 4.69) is 5.32 Å². The van der Waals surface area contributed by atoms with Crippen LogP contribution in [0.15, 0.2) is 71.9 Å². The number of nitrogens with one attached hydrogen (secondary N) is 1. The molecular weight excluding hydrogens is 393 g/mol. The number of ether oxygens (including phenoxy) is 1. The van der Waals surface area contributed by atoms with Crippen molar-refractivity contribution in [2.45, 2.75) is 6.18 Å². The lowest BCUT2D eigenvalue weighted by Gasteiger charge is -2.16. The van der Waals surface area contributed by atoms with Crippen molar-refractivity contribution in [3.05, 3.63) is 77.5 Å². The fraction of sp³-hybridized carbons (Fsp3) is 0.0455. The van der Waals surface area contributed by atoms with Crippen molar-refractivity contribution in [2.24, 2.45) is 0 Å². The van der Waals surface area contributed by atoms with Gasteiger partial charge in [-0.1, -0.05) is 30.3 Å². The lowest BCUT2D eigenvalue weighted by molar-refractivity contribution is -0.137. The van der Waals surface area contributed by atoms with E-state index < -0.39 is 23.0 Å². The van der Waals surface area contributed by atoms with E-state index >= 15 is 0 Å². The second kappa shape index (κ2) is 8.26. The molecule has 0 radical (unpaired) electrons. The zero-order valence-electron chi connectivity index (χ0n) is 15.2. The van der Waals surface area contributed by atoms with Crippen LogP contribution in [0.25, 0.3) is 10.8 Å². The number of benzene rings is 3. The van der Waals surface area contributed by atoms with Crippen LogP contribution in [0.3, 0.4) is 0 Å². The first-order valence-corrected chi connectivity index (χ1v) is 8.45. The van der Waals surface area contributed by atoms with E-state index in [0.29, 0.717) is 5.75 Å². The Morgan fingerprint density at radius 2 is 1.53 bits per heavy atom. The van der Waals surface area contributed by atoms with Crippen molar-refractivity contribution in [2.75, 3.05) is 5.32 Å². The molecule has 0 bridgehead atoms. The summed E-state index contributed by atoms with van der Waals surface area (Å²) in [5.41, 5.74) is -2.24. The number of anilines is 1. The smallest absolute Gasteiger partial charge is 0.416 e. The summed E-state index contributed by atoms with van der Waals surface area (Å²) in [6, 6.07) is 20.0. The largest absolute Gasteiger partial charge is 0.455 e. The van der Waals surface area contributed by atoms with E-state index in [9.17, 15) is 18.4 Å². The zero-order valence-corrected chi connectivity index (χ0v) is 15.2. The van der Waals surface area contributed by atoms with Crippen molar-refractivity contribution in [3.8, 4) is 29.7 Å². The van der Waals surface area contributed by atoms with Crippen LogP contribution in [0.4, 0.5) is 18.9 Å². The molecule has 0 saturated heterocycles. The standard InChI is InChI=1S/C22H11F3N4O/c23-22(24,25)17-6-8-21(19(10-17)29-20(13-28)16(11-26)12-27)30-18-7-5-14-3-1-2-4-15(14)9-18/h1-10,29H. The number of alkyl halides is 3. The minimum Gasteiger partial charge on any atom is -0.455 e. The van der Waals surface area contributed by atoms with Crippen LogP contribution in [0, 0.1) is 34.0 Å². The average Bonchev–Trinajstić information content (AvgIpc) is 2.74. The third kappa shape index (κ3) is 4.32. The molecular formula is C22H11F3N4O. The minimum absolute atomic E-state index is 0.0127. The van der Waals surface area contributed by atoms with Gasteiger partial charge in [0.15, 0.2) is 11.3 Å². The number of halogens is 3. The van der Waals surface area contributed by atoms with Crippen LogP contribution in [-0.2, 0) is 6.18 Å². The van der Waals surface area contributed by atoms with E-state index in [1.807, 2.05) is 24.3 Å². The van der Waals surface area contributed by atoms with Gasteiger partial charge in [-0.3, -0.25) is 0 Å². The van der Waals surface area contributed by atoms with Gasteiger partial charge in [0.05, 0.1) is 11.3 Å². The number of hydrogen-bond acceptors (Lipinski definition) is 5. The van der Waals surface area contributed by atoms with Crippen LogP contribution in [0.2, 0.25) is 0 Å². The van der Waals surface area contributed by atoms with Crippen molar-refractivity contribution in [3.63, 3.8) is 0 Å². The Hall–Kier alpha value is -4.48. The van der Waals surface area contributed by atoms with Gasteiger partial charge in [0, 0.05) is 0 Å². The second-order valence-electron chi connectivity index (χ2n) is 6.03. The Morgan fingerprint density at radius 1 is 0.833 bits per heavy atom. The number of allylic oxidation sites excluding steroid dienone is 2. The number of hydrogen-bond donors (Lipinski definition) is 1. The maximum atomic E-state index is 13.2. The molecule has 30 heavy (non-hydrogen) atoms. The molecule has 0 unspecified atom stereocenters. The molecule has 0 fully saturated rings. The molecule has 0 atom stereocenters. The van der Waals surface area contributed by atoms with Crippen LogP contribution >= 0.6 is 0 Å². The van der Waals surface area contributed by atoms with Crippen LogP contribution in [0.1, 0.15) is 5.56 Å². The Balaban J connectivity index is 2.07. The fourth-order valence-electron chi connectivity index (χ4n) is 2.67. The normalized spacial score (nSPS) is 10.4. The van der Waals surface area contributed by atoms with Gasteiger partial charge >= 0.3 is 6.18 Å². The highest BCUT2D eigenvalue weighted by Gasteiger charge is 2.31. The van der Waals surface area contributed by atoms with E-state index in [0.717, 1.165) is 29.0 Å². The number of fused-ring (bicyclic) bond motifs is 1. The van der Waals surface area contributed by atoms with Gasteiger partial charge in [-0.15, -0.1) is 0 Å². The van der Waals surface area contributed by atoms with E-state index in [4.69, 9.17) is 15.3 Å². The van der Waals surface area contributed by atoms with Crippen LogP contribution in [0.5, 0.6) is 11.5 Å². The van der Waals surface area contributed by atoms with Crippen LogP contribution < -0.4 is 10.1 Å². The summed E-state index contributed by atoms with van der Waals surface area (Å²) in [5, 5.41) is 31.4. The summed E-state index contributed by atoms with van der Waals surface area (Å²) < 4.78 is 45.2. The zero-order chi connectivity index (χ0) is 21.7. The molecule has 0 aliphatic carbocycles. The van der Waals surface area contributed by atoms with Gasteiger partial charge in [-0.2, -0.15) is 29.0 Å². The lowest BCUT2D eigenvalue weighted by atomic mass is 10.1. The number of nitrogens with zero attached hydrogens (tertiary/aromatic N) is 3. The Labute approximate surface area is 169 Å². The van der Waals surface area contributed by atoms with Crippen molar-refractivity contribution in [1.29, 1.82) is 15.8 Å². The second-order valence-corrected chi connectivity index (χ2v) is 6.03. The molecule has 0 heterocycles. The average molecular weight is 404 g/mol. The van der Waals surface area contributed by atoms with Gasteiger partial charge < -0.3 is 10.1 Å². The summed E-state index contributed by atoms with van der Waals surface area (Å²) in [7, 11) is 0. The monoisotopic (exact) mass is 404 g/mol. The van der Waals surface area contributed by atoms with Gasteiger partial charge in [-0.05, 0) is 41.1 Å². The van der Waals surface area contributed by atoms with E-state index in [1.54, 1.807) is 24.3 Å². The third-order valence-electron chi connectivity index (χ3n) is 4.10. The first-order valence-electron chi connectivity index (χ1n) is 8.45. The highest BCUT2D eigenvalue weighted by molar-refractivity contribution is 5.84. The highest BCUT2D eigenvalue weighted by Crippen LogP contribution is 2.38. The van der Waals surface area contributed by atoms with Gasteiger partial charge in [-0.25, -0.2) is 0 Å². The topological polar surface area (TPSA) is 92.6 Å². The quantitative estimate of drug-likeness (QED) is 0.548. The van der Waals surface area contributed by atoms with Crippen molar-refractivity contribution >= 4 is 16.5 Å². The van der Waals surface area contributed by atoms with Gasteiger partial charge in [0.1, 0.15) is 29.7 Å². The molecule has 0 aliphatic heterocycles. The number of nitriles is 3. The lowest BCUT2D eigenvalue weighted by Crippen LogP contribution is -2.08. The summed E-state index contributed by atoms with van der Waals surface area (Å²) in [6.45, 7) is 0. The van der Waals surface area contributed by atoms with Gasteiger partial charge in [0.25, 0.3) is 0 Å². The summed E-state index contributed by atoms with van der Waals surface area (Å²) in [4.78, 5) is 0. The molecule has 8 heteroatoms. The molecule has 0 spiro atoms. The predicted octanol–water partition coefficient (Wildman–Crippen LogP) is 5.89.